The second-order valence-corrected chi connectivity index (χ2v) is 5.27. The molecule has 0 amide bonds. The first-order valence-electron chi connectivity index (χ1n) is 5.27. The average Bonchev–Trinajstić information content (AvgIpc) is 2.17. The van der Waals surface area contributed by atoms with Gasteiger partial charge in [-0.05, 0) is 23.0 Å². The van der Waals surface area contributed by atoms with E-state index in [0.29, 0.717) is 12.3 Å². The molecule has 0 aliphatic carbocycles. The molecule has 0 radical (unpaired) electrons. The van der Waals surface area contributed by atoms with E-state index in [2.05, 4.69) is 45.0 Å². The van der Waals surface area contributed by atoms with Gasteiger partial charge in [0.15, 0.2) is 0 Å². The van der Waals surface area contributed by atoms with E-state index in [0.717, 1.165) is 5.56 Å². The number of aliphatic hydroxyl groups excluding tert-OH is 1. The summed E-state index contributed by atoms with van der Waals surface area (Å²) in [6.45, 7) is 6.57. The highest BCUT2D eigenvalue weighted by atomic mass is 35.5. The highest BCUT2D eigenvalue weighted by Gasteiger charge is 2.13. The molecular formula is C13H19ClO. The summed E-state index contributed by atoms with van der Waals surface area (Å²) in [4.78, 5) is 0. The fraction of sp³-hybridized carbons (Fsp3) is 0.538. The Kier molecular flexibility index (Phi) is 4.18. The second kappa shape index (κ2) is 5.00. The van der Waals surface area contributed by atoms with E-state index in [4.69, 9.17) is 11.6 Å². The SMILES string of the molecule is CC(C)(C)c1ccc(C[C@H](O)CCl)cc1. The summed E-state index contributed by atoms with van der Waals surface area (Å²) in [5.74, 6) is 0.293. The highest BCUT2D eigenvalue weighted by Crippen LogP contribution is 2.22. The standard InChI is InChI=1S/C13H19ClO/c1-13(2,3)11-6-4-10(5-7-11)8-12(15)9-14/h4-7,12,15H,8-9H2,1-3H3/t12-/m0/s1. The summed E-state index contributed by atoms with van der Waals surface area (Å²) in [5, 5.41) is 9.41. The van der Waals surface area contributed by atoms with Crippen molar-refractivity contribution in [1.29, 1.82) is 0 Å². The lowest BCUT2D eigenvalue weighted by atomic mass is 9.86. The highest BCUT2D eigenvalue weighted by molar-refractivity contribution is 6.18. The van der Waals surface area contributed by atoms with Gasteiger partial charge in [-0.15, -0.1) is 11.6 Å². The second-order valence-electron chi connectivity index (χ2n) is 4.96. The largest absolute Gasteiger partial charge is 0.392 e. The molecule has 84 valence electrons. The Morgan fingerprint density at radius 3 is 2.13 bits per heavy atom. The summed E-state index contributed by atoms with van der Waals surface area (Å²) < 4.78 is 0. The molecule has 1 rings (SSSR count). The van der Waals surface area contributed by atoms with E-state index in [1.165, 1.54) is 5.56 Å². The van der Waals surface area contributed by atoms with Crippen LogP contribution in [0.2, 0.25) is 0 Å². The lowest BCUT2D eigenvalue weighted by Crippen LogP contribution is -2.13. The Morgan fingerprint density at radius 1 is 1.20 bits per heavy atom. The van der Waals surface area contributed by atoms with Crippen molar-refractivity contribution in [3.63, 3.8) is 0 Å². The Hall–Kier alpha value is -0.530. The topological polar surface area (TPSA) is 20.2 Å². The van der Waals surface area contributed by atoms with Crippen molar-refractivity contribution in [2.45, 2.75) is 38.7 Å². The van der Waals surface area contributed by atoms with Gasteiger partial charge in [-0.3, -0.25) is 0 Å². The van der Waals surface area contributed by atoms with Crippen LogP contribution in [0.25, 0.3) is 0 Å². The van der Waals surface area contributed by atoms with Crippen LogP contribution in [0.5, 0.6) is 0 Å². The predicted octanol–water partition coefficient (Wildman–Crippen LogP) is 3.13. The molecule has 1 N–H and O–H groups in total. The fourth-order valence-corrected chi connectivity index (χ4v) is 1.58. The minimum atomic E-state index is -0.438. The van der Waals surface area contributed by atoms with Crippen molar-refractivity contribution < 1.29 is 5.11 Å². The lowest BCUT2D eigenvalue weighted by molar-refractivity contribution is 0.199. The number of rotatable bonds is 3. The van der Waals surface area contributed by atoms with Crippen LogP contribution >= 0.6 is 11.6 Å². The van der Waals surface area contributed by atoms with Gasteiger partial charge in [0.2, 0.25) is 0 Å². The molecule has 0 saturated heterocycles. The van der Waals surface area contributed by atoms with Gasteiger partial charge in [0, 0.05) is 5.88 Å². The van der Waals surface area contributed by atoms with Gasteiger partial charge in [0.25, 0.3) is 0 Å². The molecule has 0 fully saturated rings. The number of aliphatic hydroxyl groups is 1. The van der Waals surface area contributed by atoms with Crippen LogP contribution in [0.4, 0.5) is 0 Å². The van der Waals surface area contributed by atoms with Crippen LogP contribution in [-0.2, 0) is 11.8 Å². The van der Waals surface area contributed by atoms with Crippen molar-refractivity contribution in [3.05, 3.63) is 35.4 Å². The molecule has 15 heavy (non-hydrogen) atoms. The summed E-state index contributed by atoms with van der Waals surface area (Å²) in [6, 6.07) is 8.37. The molecule has 0 unspecified atom stereocenters. The number of halogens is 1. The minimum Gasteiger partial charge on any atom is -0.392 e. The van der Waals surface area contributed by atoms with Crippen LogP contribution < -0.4 is 0 Å². The Bertz CT molecular complexity index is 297. The molecule has 1 atom stereocenters. The smallest absolute Gasteiger partial charge is 0.0715 e. The number of benzene rings is 1. The molecule has 0 saturated carbocycles. The zero-order chi connectivity index (χ0) is 11.5. The molecule has 0 bridgehead atoms. The van der Waals surface area contributed by atoms with Gasteiger partial charge in [-0.2, -0.15) is 0 Å². The van der Waals surface area contributed by atoms with E-state index in [1.807, 2.05) is 0 Å². The summed E-state index contributed by atoms with van der Waals surface area (Å²) in [6.07, 6.45) is 0.195. The molecule has 0 heterocycles. The first-order chi connectivity index (χ1) is 6.93. The van der Waals surface area contributed by atoms with Crippen LogP contribution in [0.15, 0.2) is 24.3 Å². The van der Waals surface area contributed by atoms with Crippen molar-refractivity contribution in [3.8, 4) is 0 Å². The third-order valence-corrected chi connectivity index (χ3v) is 2.83. The molecular weight excluding hydrogens is 208 g/mol. The molecule has 2 heteroatoms. The van der Waals surface area contributed by atoms with Crippen LogP contribution in [0, 0.1) is 0 Å². The zero-order valence-corrected chi connectivity index (χ0v) is 10.4. The zero-order valence-electron chi connectivity index (χ0n) is 9.63. The number of hydrogen-bond donors (Lipinski definition) is 1. The third-order valence-electron chi connectivity index (χ3n) is 2.47. The van der Waals surface area contributed by atoms with E-state index in [9.17, 15) is 5.11 Å². The molecule has 1 aromatic rings. The van der Waals surface area contributed by atoms with Crippen LogP contribution in [0.3, 0.4) is 0 Å². The van der Waals surface area contributed by atoms with Gasteiger partial charge >= 0.3 is 0 Å². The first-order valence-corrected chi connectivity index (χ1v) is 5.80. The van der Waals surface area contributed by atoms with Gasteiger partial charge in [0.05, 0.1) is 6.10 Å². The normalized spacial score (nSPS) is 13.9. The van der Waals surface area contributed by atoms with Crippen molar-refractivity contribution in [2.24, 2.45) is 0 Å². The molecule has 0 aliphatic heterocycles. The average molecular weight is 227 g/mol. The van der Waals surface area contributed by atoms with Gasteiger partial charge in [0.1, 0.15) is 0 Å². The first kappa shape index (κ1) is 12.5. The van der Waals surface area contributed by atoms with Gasteiger partial charge < -0.3 is 5.11 Å². The maximum atomic E-state index is 9.41. The number of hydrogen-bond acceptors (Lipinski definition) is 1. The Morgan fingerprint density at radius 2 is 1.73 bits per heavy atom. The number of alkyl halides is 1. The third kappa shape index (κ3) is 3.84. The Labute approximate surface area is 97.1 Å². The van der Waals surface area contributed by atoms with Crippen LogP contribution in [0.1, 0.15) is 31.9 Å². The summed E-state index contributed by atoms with van der Waals surface area (Å²) in [7, 11) is 0. The van der Waals surface area contributed by atoms with E-state index >= 15 is 0 Å². The quantitative estimate of drug-likeness (QED) is 0.786. The maximum absolute atomic E-state index is 9.41. The van der Waals surface area contributed by atoms with Gasteiger partial charge in [-0.1, -0.05) is 45.0 Å². The van der Waals surface area contributed by atoms with Gasteiger partial charge in [-0.25, -0.2) is 0 Å². The fourth-order valence-electron chi connectivity index (χ4n) is 1.47. The lowest BCUT2D eigenvalue weighted by Gasteiger charge is -2.19. The maximum Gasteiger partial charge on any atom is 0.0715 e. The van der Waals surface area contributed by atoms with E-state index < -0.39 is 6.10 Å². The Balaban J connectivity index is 2.73. The van der Waals surface area contributed by atoms with Crippen LogP contribution in [-0.4, -0.2) is 17.1 Å². The predicted molar refractivity (Wildman–Crippen MR) is 65.6 cm³/mol. The van der Waals surface area contributed by atoms with Crippen molar-refractivity contribution in [2.75, 3.05) is 5.88 Å². The molecule has 0 aliphatic rings. The monoisotopic (exact) mass is 226 g/mol. The minimum absolute atomic E-state index is 0.184. The van der Waals surface area contributed by atoms with Crippen molar-refractivity contribution >= 4 is 11.6 Å². The molecule has 1 nitrogen and oxygen atoms in total. The molecule has 0 aromatic heterocycles. The summed E-state index contributed by atoms with van der Waals surface area (Å²) >= 11 is 5.56. The molecule has 0 spiro atoms. The van der Waals surface area contributed by atoms with E-state index in [1.54, 1.807) is 0 Å². The summed E-state index contributed by atoms with van der Waals surface area (Å²) in [5.41, 5.74) is 2.63. The van der Waals surface area contributed by atoms with E-state index in [-0.39, 0.29) is 5.41 Å². The molecule has 1 aromatic carbocycles. The van der Waals surface area contributed by atoms with Crippen molar-refractivity contribution in [1.82, 2.24) is 0 Å².